The molecule has 1 heterocycles. The molecular formula is C10H16N2O2. The smallest absolute Gasteiger partial charge is 0.269 e. The predicted octanol–water partition coefficient (Wildman–Crippen LogP) is 1.50. The van der Waals surface area contributed by atoms with E-state index in [1.54, 1.807) is 13.2 Å². The zero-order valence-electron chi connectivity index (χ0n) is 8.86. The first-order chi connectivity index (χ1) is 6.69. The molecule has 0 N–H and O–H groups in total. The molecule has 0 fully saturated rings. The van der Waals surface area contributed by atoms with E-state index < -0.39 is 0 Å². The lowest BCUT2D eigenvalue weighted by atomic mass is 10.3. The first-order valence-electron chi connectivity index (χ1n) is 4.78. The molecule has 78 valence electrons. The van der Waals surface area contributed by atoms with E-state index >= 15 is 0 Å². The molecule has 0 saturated carbocycles. The Labute approximate surface area is 83.5 Å². The normalized spacial score (nSPS) is 12.8. The zero-order valence-corrected chi connectivity index (χ0v) is 8.86. The van der Waals surface area contributed by atoms with E-state index in [1.807, 2.05) is 13.8 Å². The lowest BCUT2D eigenvalue weighted by Crippen LogP contribution is -2.28. The second-order valence-corrected chi connectivity index (χ2v) is 3.24. The van der Waals surface area contributed by atoms with Crippen LogP contribution in [0.2, 0.25) is 0 Å². The summed E-state index contributed by atoms with van der Waals surface area (Å²) in [5.41, 5.74) is 0.707. The highest BCUT2D eigenvalue weighted by Gasteiger charge is 2.10. The van der Waals surface area contributed by atoms with Gasteiger partial charge in [-0.15, -0.1) is 0 Å². The third-order valence-electron chi connectivity index (χ3n) is 2.04. The van der Waals surface area contributed by atoms with Crippen molar-refractivity contribution in [2.24, 2.45) is 0 Å². The van der Waals surface area contributed by atoms with Crippen LogP contribution in [0, 0.1) is 6.92 Å². The van der Waals surface area contributed by atoms with Crippen molar-refractivity contribution in [1.82, 2.24) is 9.78 Å². The molecule has 0 bridgehead atoms. The quantitative estimate of drug-likeness (QED) is 0.733. The van der Waals surface area contributed by atoms with Crippen LogP contribution in [-0.4, -0.2) is 16.9 Å². The third kappa shape index (κ3) is 2.42. The first kappa shape index (κ1) is 10.9. The molecule has 0 amide bonds. The van der Waals surface area contributed by atoms with Crippen molar-refractivity contribution in [2.45, 2.75) is 32.9 Å². The fourth-order valence-corrected chi connectivity index (χ4v) is 1.31. The van der Waals surface area contributed by atoms with E-state index in [2.05, 4.69) is 5.10 Å². The van der Waals surface area contributed by atoms with Crippen LogP contribution < -0.4 is 5.56 Å². The molecule has 1 unspecified atom stereocenters. The molecule has 0 aromatic carbocycles. The summed E-state index contributed by atoms with van der Waals surface area (Å²) in [6.45, 7) is 3.90. The predicted molar refractivity (Wildman–Crippen MR) is 54.2 cm³/mol. The number of ether oxygens (including phenoxy) is 1. The summed E-state index contributed by atoms with van der Waals surface area (Å²) in [6, 6.07) is 3.22. The van der Waals surface area contributed by atoms with Gasteiger partial charge in [0.15, 0.2) is 6.23 Å². The Morgan fingerprint density at radius 1 is 1.57 bits per heavy atom. The van der Waals surface area contributed by atoms with E-state index in [9.17, 15) is 4.79 Å². The van der Waals surface area contributed by atoms with Gasteiger partial charge in [-0.3, -0.25) is 4.79 Å². The molecule has 1 aromatic heterocycles. The Morgan fingerprint density at radius 3 is 2.86 bits per heavy atom. The standard InChI is InChI=1S/C10H16N2O2/c1-4-5-10(14-3)12-9(13)7-6-8(2)11-12/h6-7,10H,4-5H2,1-3H3. The average molecular weight is 196 g/mol. The highest BCUT2D eigenvalue weighted by molar-refractivity contribution is 4.97. The van der Waals surface area contributed by atoms with Gasteiger partial charge in [-0.05, 0) is 19.4 Å². The molecule has 0 aliphatic carbocycles. The van der Waals surface area contributed by atoms with Crippen molar-refractivity contribution in [3.63, 3.8) is 0 Å². The van der Waals surface area contributed by atoms with Crippen molar-refractivity contribution in [2.75, 3.05) is 7.11 Å². The van der Waals surface area contributed by atoms with Crippen LogP contribution in [0.3, 0.4) is 0 Å². The van der Waals surface area contributed by atoms with Crippen molar-refractivity contribution >= 4 is 0 Å². The van der Waals surface area contributed by atoms with E-state index in [1.165, 1.54) is 10.7 Å². The zero-order chi connectivity index (χ0) is 10.6. The Bertz CT molecular complexity index is 346. The molecule has 0 saturated heterocycles. The summed E-state index contributed by atoms with van der Waals surface area (Å²) in [4.78, 5) is 11.5. The summed E-state index contributed by atoms with van der Waals surface area (Å²) in [6.07, 6.45) is 1.51. The number of nitrogens with zero attached hydrogens (tertiary/aromatic N) is 2. The number of aryl methyl sites for hydroxylation is 1. The Kier molecular flexibility index (Phi) is 3.83. The van der Waals surface area contributed by atoms with Crippen LogP contribution in [-0.2, 0) is 4.74 Å². The van der Waals surface area contributed by atoms with Crippen LogP contribution in [0.4, 0.5) is 0 Å². The maximum atomic E-state index is 11.5. The molecular weight excluding hydrogens is 180 g/mol. The average Bonchev–Trinajstić information content (AvgIpc) is 2.18. The Morgan fingerprint density at radius 2 is 2.29 bits per heavy atom. The Hall–Kier alpha value is -1.16. The molecule has 14 heavy (non-hydrogen) atoms. The Balaban J connectivity index is 3.02. The van der Waals surface area contributed by atoms with Crippen molar-refractivity contribution in [3.8, 4) is 0 Å². The maximum Gasteiger partial charge on any atom is 0.269 e. The molecule has 1 rings (SSSR count). The molecule has 0 aliphatic heterocycles. The molecule has 0 radical (unpaired) electrons. The first-order valence-corrected chi connectivity index (χ1v) is 4.78. The van der Waals surface area contributed by atoms with Crippen LogP contribution in [0.25, 0.3) is 0 Å². The van der Waals surface area contributed by atoms with Crippen molar-refractivity contribution in [1.29, 1.82) is 0 Å². The van der Waals surface area contributed by atoms with Crippen LogP contribution in [0.5, 0.6) is 0 Å². The molecule has 0 spiro atoms. The fourth-order valence-electron chi connectivity index (χ4n) is 1.31. The van der Waals surface area contributed by atoms with Crippen LogP contribution in [0.15, 0.2) is 16.9 Å². The van der Waals surface area contributed by atoms with Gasteiger partial charge in [0.25, 0.3) is 5.56 Å². The van der Waals surface area contributed by atoms with Crippen LogP contribution >= 0.6 is 0 Å². The second kappa shape index (κ2) is 4.91. The number of rotatable bonds is 4. The summed E-state index contributed by atoms with van der Waals surface area (Å²) >= 11 is 0. The van der Waals surface area contributed by atoms with Gasteiger partial charge in [-0.2, -0.15) is 5.10 Å². The molecule has 1 atom stereocenters. The molecule has 1 aromatic rings. The van der Waals surface area contributed by atoms with E-state index in [0.29, 0.717) is 0 Å². The highest BCUT2D eigenvalue weighted by Crippen LogP contribution is 2.10. The summed E-state index contributed by atoms with van der Waals surface area (Å²) in [7, 11) is 1.59. The molecule has 4 heteroatoms. The lowest BCUT2D eigenvalue weighted by Gasteiger charge is -2.16. The van der Waals surface area contributed by atoms with E-state index in [-0.39, 0.29) is 11.8 Å². The monoisotopic (exact) mass is 196 g/mol. The molecule has 0 aliphatic rings. The van der Waals surface area contributed by atoms with Gasteiger partial charge in [-0.1, -0.05) is 13.3 Å². The number of hydrogen-bond acceptors (Lipinski definition) is 3. The largest absolute Gasteiger partial charge is 0.360 e. The van der Waals surface area contributed by atoms with Crippen molar-refractivity contribution < 1.29 is 4.74 Å². The summed E-state index contributed by atoms with van der Waals surface area (Å²) < 4.78 is 6.61. The van der Waals surface area contributed by atoms with Crippen LogP contribution in [0.1, 0.15) is 31.7 Å². The van der Waals surface area contributed by atoms with Gasteiger partial charge in [0, 0.05) is 13.2 Å². The number of hydrogen-bond donors (Lipinski definition) is 0. The van der Waals surface area contributed by atoms with Gasteiger partial charge in [0.05, 0.1) is 5.69 Å². The van der Waals surface area contributed by atoms with E-state index in [0.717, 1.165) is 18.5 Å². The van der Waals surface area contributed by atoms with Gasteiger partial charge < -0.3 is 4.74 Å². The minimum absolute atomic E-state index is 0.115. The topological polar surface area (TPSA) is 44.1 Å². The maximum absolute atomic E-state index is 11.5. The SMILES string of the molecule is CCCC(OC)n1nc(C)ccc1=O. The van der Waals surface area contributed by atoms with E-state index in [4.69, 9.17) is 4.74 Å². The second-order valence-electron chi connectivity index (χ2n) is 3.24. The van der Waals surface area contributed by atoms with Crippen molar-refractivity contribution in [3.05, 3.63) is 28.2 Å². The van der Waals surface area contributed by atoms with Gasteiger partial charge in [0.2, 0.25) is 0 Å². The number of methoxy groups -OCH3 is 1. The van der Waals surface area contributed by atoms with Gasteiger partial charge >= 0.3 is 0 Å². The summed E-state index contributed by atoms with van der Waals surface area (Å²) in [5, 5.41) is 4.14. The minimum atomic E-state index is -0.243. The number of aromatic nitrogens is 2. The third-order valence-corrected chi connectivity index (χ3v) is 2.04. The highest BCUT2D eigenvalue weighted by atomic mass is 16.5. The van der Waals surface area contributed by atoms with Gasteiger partial charge in [0.1, 0.15) is 0 Å². The minimum Gasteiger partial charge on any atom is -0.360 e. The fraction of sp³-hybridized carbons (Fsp3) is 0.600. The van der Waals surface area contributed by atoms with Gasteiger partial charge in [-0.25, -0.2) is 4.68 Å². The lowest BCUT2D eigenvalue weighted by molar-refractivity contribution is 0.0220. The molecule has 4 nitrogen and oxygen atoms in total. The summed E-state index contributed by atoms with van der Waals surface area (Å²) in [5.74, 6) is 0.